The molecule has 1 fully saturated rings. The molecule has 1 aliphatic heterocycles. The number of hydrogen-bond acceptors (Lipinski definition) is 7. The molecule has 0 spiro atoms. The van der Waals surface area contributed by atoms with E-state index in [0.717, 1.165) is 47.6 Å². The van der Waals surface area contributed by atoms with Crippen LogP contribution >= 0.6 is 0 Å². The van der Waals surface area contributed by atoms with E-state index in [9.17, 15) is 14.4 Å². The van der Waals surface area contributed by atoms with Gasteiger partial charge in [0.15, 0.2) is 0 Å². The molecule has 0 bridgehead atoms. The van der Waals surface area contributed by atoms with Gasteiger partial charge in [-0.05, 0) is 65.6 Å². The van der Waals surface area contributed by atoms with Crippen molar-refractivity contribution in [1.82, 2.24) is 10.2 Å². The predicted molar refractivity (Wildman–Crippen MR) is 168 cm³/mol. The van der Waals surface area contributed by atoms with Crippen molar-refractivity contribution in [2.24, 2.45) is 5.41 Å². The summed E-state index contributed by atoms with van der Waals surface area (Å²) in [7, 11) is 4.48. The number of nitrogens with zero attached hydrogens (tertiary/aromatic N) is 1. The summed E-state index contributed by atoms with van der Waals surface area (Å²) in [5.74, 6) is -0.252. The Labute approximate surface area is 255 Å². The molecule has 2 aromatic rings. The number of nitrogens with one attached hydrogen (secondary N) is 1. The second-order valence-electron chi connectivity index (χ2n) is 12.0. The Balaban J connectivity index is 1.91. The molecule has 9 nitrogen and oxygen atoms in total. The smallest absolute Gasteiger partial charge is 0.407 e. The van der Waals surface area contributed by atoms with E-state index in [1.807, 2.05) is 57.2 Å². The Bertz CT molecular complexity index is 1330. The van der Waals surface area contributed by atoms with E-state index in [0.29, 0.717) is 5.75 Å². The first kappa shape index (κ1) is 33.6. The number of fused-ring (bicyclic) bond motifs is 1. The average molecular weight is 595 g/mol. The lowest BCUT2D eigenvalue weighted by Gasteiger charge is -2.35. The van der Waals surface area contributed by atoms with Crippen LogP contribution in [0.4, 0.5) is 4.79 Å². The van der Waals surface area contributed by atoms with Gasteiger partial charge in [0.05, 0.1) is 27.4 Å². The normalized spacial score (nSPS) is 19.0. The number of amides is 2. The monoisotopic (exact) mass is 594 g/mol. The number of hydrogen-bond donors (Lipinski definition) is 1. The van der Waals surface area contributed by atoms with Gasteiger partial charge in [-0.2, -0.15) is 0 Å². The third kappa shape index (κ3) is 7.76. The van der Waals surface area contributed by atoms with Crippen molar-refractivity contribution in [2.75, 3.05) is 34.5 Å². The molecule has 1 aliphatic rings. The minimum Gasteiger partial charge on any atom is -0.496 e. The number of ether oxygens (including phenoxy) is 4. The number of likely N-dealkylation sites (tertiary alicyclic amines) is 1. The number of rotatable bonds is 13. The number of esters is 1. The van der Waals surface area contributed by atoms with Gasteiger partial charge in [-0.1, -0.05) is 51.6 Å². The van der Waals surface area contributed by atoms with Crippen molar-refractivity contribution in [3.05, 3.63) is 60.7 Å². The van der Waals surface area contributed by atoms with Crippen LogP contribution in [0.15, 0.2) is 49.6 Å². The number of allylic oxidation sites excluding steroid dienone is 1. The summed E-state index contributed by atoms with van der Waals surface area (Å²) >= 11 is 0. The zero-order valence-corrected chi connectivity index (χ0v) is 26.4. The summed E-state index contributed by atoms with van der Waals surface area (Å²) in [6.45, 7) is 13.5. The van der Waals surface area contributed by atoms with Gasteiger partial charge in [0.1, 0.15) is 23.4 Å². The van der Waals surface area contributed by atoms with Crippen LogP contribution in [-0.2, 0) is 29.4 Å². The van der Waals surface area contributed by atoms with Crippen molar-refractivity contribution in [2.45, 2.75) is 70.6 Å². The minimum atomic E-state index is -0.995. The van der Waals surface area contributed by atoms with Gasteiger partial charge in [0.25, 0.3) is 0 Å². The molecule has 2 amide bonds. The highest BCUT2D eigenvalue weighted by Gasteiger charge is 2.53. The quantitative estimate of drug-likeness (QED) is 0.173. The molecule has 0 radical (unpaired) electrons. The molecule has 9 heteroatoms. The number of unbranched alkanes of at least 4 members (excludes halogenated alkanes) is 3. The summed E-state index contributed by atoms with van der Waals surface area (Å²) < 4.78 is 22.1. The lowest BCUT2D eigenvalue weighted by molar-refractivity contribution is -0.152. The summed E-state index contributed by atoms with van der Waals surface area (Å²) in [5.41, 5.74) is -0.0203. The molecule has 2 aromatic carbocycles. The predicted octanol–water partition coefficient (Wildman–Crippen LogP) is 5.99. The molecule has 0 aliphatic carbocycles. The fourth-order valence-corrected chi connectivity index (χ4v) is 5.55. The number of benzene rings is 2. The molecule has 3 atom stereocenters. The van der Waals surface area contributed by atoms with Crippen LogP contribution in [0.2, 0.25) is 0 Å². The molecule has 1 unspecified atom stereocenters. The third-order valence-electron chi connectivity index (χ3n) is 8.07. The molecule has 0 saturated carbocycles. The summed E-state index contributed by atoms with van der Waals surface area (Å²) in [6, 6.07) is 7.95. The van der Waals surface area contributed by atoms with E-state index in [2.05, 4.69) is 18.5 Å². The molecule has 1 N–H and O–H groups in total. The van der Waals surface area contributed by atoms with Gasteiger partial charge in [0.2, 0.25) is 5.91 Å². The van der Waals surface area contributed by atoms with Crippen LogP contribution in [0.3, 0.4) is 0 Å². The van der Waals surface area contributed by atoms with Crippen LogP contribution in [0.1, 0.15) is 64.0 Å². The van der Waals surface area contributed by atoms with E-state index >= 15 is 0 Å². The van der Waals surface area contributed by atoms with E-state index in [1.165, 1.54) is 12.0 Å². The molecule has 234 valence electrons. The third-order valence-corrected chi connectivity index (χ3v) is 8.07. The lowest BCUT2D eigenvalue weighted by Crippen LogP contribution is -2.57. The molecular weight excluding hydrogens is 548 g/mol. The molecule has 1 saturated heterocycles. The van der Waals surface area contributed by atoms with Crippen molar-refractivity contribution in [3.63, 3.8) is 0 Å². The SMILES string of the molecule is C=CCCCCCOC(=O)NC(C(=O)N1C[C@](OC)(c2ccc3cc(OC)c(C=C)cc3c2)C[C@H]1C(=O)OC)C(C)(C)C. The maximum atomic E-state index is 14.2. The number of alkyl carbamates (subject to hydrolysis) is 1. The van der Waals surface area contributed by atoms with Crippen LogP contribution in [0, 0.1) is 5.41 Å². The van der Waals surface area contributed by atoms with Crippen LogP contribution in [-0.4, -0.2) is 69.4 Å². The molecular formula is C34H46N2O7. The number of carbonyl (C=O) groups excluding carboxylic acids is 3. The second kappa shape index (κ2) is 14.6. The summed E-state index contributed by atoms with van der Waals surface area (Å²) in [6.07, 6.45) is 6.62. The second-order valence-corrected chi connectivity index (χ2v) is 12.0. The van der Waals surface area contributed by atoms with Crippen molar-refractivity contribution in [1.29, 1.82) is 0 Å². The van der Waals surface area contributed by atoms with Gasteiger partial charge < -0.3 is 29.2 Å². The standard InChI is InChI=1S/C34H46N2O7/c1-9-11-12-13-14-17-43-32(39)35-29(33(3,4)5)30(37)36-22-34(42-8,21-27(36)31(38)41-7)26-16-15-24-20-28(40-6)23(10-2)18-25(24)19-26/h9-10,15-16,18-20,27,29H,1-2,11-14,17,21-22H2,3-8H3,(H,35,39)/t27-,29?,34-/m0/s1. The minimum absolute atomic E-state index is 0.0880. The highest BCUT2D eigenvalue weighted by Crippen LogP contribution is 2.42. The van der Waals surface area contributed by atoms with Gasteiger partial charge in [-0.15, -0.1) is 6.58 Å². The first-order valence-electron chi connectivity index (χ1n) is 14.7. The maximum absolute atomic E-state index is 14.2. The van der Waals surface area contributed by atoms with Crippen LogP contribution in [0.5, 0.6) is 5.75 Å². The van der Waals surface area contributed by atoms with E-state index in [1.54, 1.807) is 20.3 Å². The first-order valence-corrected chi connectivity index (χ1v) is 14.7. The van der Waals surface area contributed by atoms with E-state index in [4.69, 9.17) is 18.9 Å². The highest BCUT2D eigenvalue weighted by atomic mass is 16.5. The van der Waals surface area contributed by atoms with Crippen LogP contribution in [0.25, 0.3) is 16.8 Å². The summed E-state index contributed by atoms with van der Waals surface area (Å²) in [4.78, 5) is 41.4. The topological polar surface area (TPSA) is 103 Å². The Morgan fingerprint density at radius 3 is 2.42 bits per heavy atom. The Hall–Kier alpha value is -3.85. The fraction of sp³-hybridized carbons (Fsp3) is 0.500. The Morgan fingerprint density at radius 2 is 1.81 bits per heavy atom. The largest absolute Gasteiger partial charge is 0.496 e. The molecule has 43 heavy (non-hydrogen) atoms. The van der Waals surface area contributed by atoms with Crippen molar-refractivity contribution >= 4 is 34.8 Å². The van der Waals surface area contributed by atoms with Gasteiger partial charge in [-0.25, -0.2) is 9.59 Å². The first-order chi connectivity index (χ1) is 20.4. The van der Waals surface area contributed by atoms with E-state index in [-0.39, 0.29) is 19.6 Å². The molecule has 1 heterocycles. The van der Waals surface area contributed by atoms with Crippen LogP contribution < -0.4 is 10.1 Å². The van der Waals surface area contributed by atoms with E-state index < -0.39 is 41.1 Å². The zero-order chi connectivity index (χ0) is 31.8. The number of carbonyl (C=O) groups is 3. The Morgan fingerprint density at radius 1 is 1.07 bits per heavy atom. The van der Waals surface area contributed by atoms with Gasteiger partial charge >= 0.3 is 12.1 Å². The molecule has 3 rings (SSSR count). The fourth-order valence-electron chi connectivity index (χ4n) is 5.55. The Kier molecular flexibility index (Phi) is 11.4. The van der Waals surface area contributed by atoms with Gasteiger partial charge in [0, 0.05) is 19.1 Å². The van der Waals surface area contributed by atoms with Gasteiger partial charge in [-0.3, -0.25) is 4.79 Å². The van der Waals surface area contributed by atoms with Crippen molar-refractivity contribution < 1.29 is 33.3 Å². The maximum Gasteiger partial charge on any atom is 0.407 e. The zero-order valence-electron chi connectivity index (χ0n) is 26.4. The average Bonchev–Trinajstić information content (AvgIpc) is 3.40. The van der Waals surface area contributed by atoms with Crippen molar-refractivity contribution in [3.8, 4) is 5.75 Å². The summed E-state index contributed by atoms with van der Waals surface area (Å²) in [5, 5.41) is 4.66. The lowest BCUT2D eigenvalue weighted by atomic mass is 9.85. The highest BCUT2D eigenvalue weighted by molar-refractivity contribution is 5.92. The number of methoxy groups -OCH3 is 3. The molecule has 0 aromatic heterocycles.